The number of hydrogen-bond donors (Lipinski definition) is 2. The van der Waals surface area contributed by atoms with E-state index in [0.717, 1.165) is 16.8 Å². The number of hydrogen-bond acceptors (Lipinski definition) is 8. The molecule has 2 amide bonds. The smallest absolute Gasteiger partial charge is 0.254 e. The summed E-state index contributed by atoms with van der Waals surface area (Å²) in [6, 6.07) is 15.7. The molecule has 5 rings (SSSR count). The summed E-state index contributed by atoms with van der Waals surface area (Å²) in [5.41, 5.74) is 7.96. The molecule has 0 fully saturated rings. The van der Waals surface area contributed by atoms with E-state index in [9.17, 15) is 9.59 Å². The Morgan fingerprint density at radius 1 is 1.06 bits per heavy atom. The molecule has 2 aromatic heterocycles. The number of benzene rings is 2. The van der Waals surface area contributed by atoms with Crippen molar-refractivity contribution in [3.8, 4) is 34.4 Å². The van der Waals surface area contributed by atoms with Gasteiger partial charge >= 0.3 is 0 Å². The van der Waals surface area contributed by atoms with Crippen molar-refractivity contribution < 1.29 is 23.8 Å². The number of ether oxygens (including phenoxy) is 3. The van der Waals surface area contributed by atoms with Crippen molar-refractivity contribution in [3.05, 3.63) is 77.3 Å². The molecule has 0 spiro atoms. The van der Waals surface area contributed by atoms with Crippen molar-refractivity contribution in [1.29, 1.82) is 0 Å². The second-order valence-electron chi connectivity index (χ2n) is 7.59. The summed E-state index contributed by atoms with van der Waals surface area (Å²) < 4.78 is 16.8. The van der Waals surface area contributed by atoms with Crippen molar-refractivity contribution in [3.63, 3.8) is 0 Å². The van der Waals surface area contributed by atoms with Gasteiger partial charge in [0.2, 0.25) is 11.8 Å². The average Bonchev–Trinajstić information content (AvgIpc) is 3.33. The molecule has 0 radical (unpaired) electrons. The Bertz CT molecular complexity index is 1390. The lowest BCUT2D eigenvalue weighted by molar-refractivity contribution is -0.115. The van der Waals surface area contributed by atoms with Gasteiger partial charge in [0.05, 0.1) is 12.1 Å². The Kier molecular flexibility index (Phi) is 6.27. The summed E-state index contributed by atoms with van der Waals surface area (Å²) in [6.07, 6.45) is 1.67. The van der Waals surface area contributed by atoms with Crippen LogP contribution in [0.1, 0.15) is 15.9 Å². The molecule has 1 aliphatic heterocycles. The first-order valence-electron chi connectivity index (χ1n) is 10.7. The Morgan fingerprint density at radius 3 is 2.66 bits per heavy atom. The van der Waals surface area contributed by atoms with Crippen LogP contribution in [0.2, 0.25) is 0 Å². The van der Waals surface area contributed by atoms with Crippen LogP contribution in [0.15, 0.2) is 66.2 Å². The van der Waals surface area contributed by atoms with E-state index in [-0.39, 0.29) is 23.8 Å². The molecular formula is C25H20N4O5S. The van der Waals surface area contributed by atoms with Gasteiger partial charge in [-0.25, -0.2) is 9.97 Å². The van der Waals surface area contributed by atoms with Crippen molar-refractivity contribution in [2.45, 2.75) is 6.42 Å². The lowest BCUT2D eigenvalue weighted by Gasteiger charge is -2.18. The number of nitrogens with two attached hydrogens (primary N) is 1. The van der Waals surface area contributed by atoms with Crippen molar-refractivity contribution in [2.75, 3.05) is 18.5 Å². The summed E-state index contributed by atoms with van der Waals surface area (Å²) in [4.78, 5) is 32.6. The van der Waals surface area contributed by atoms with E-state index < -0.39 is 5.91 Å². The summed E-state index contributed by atoms with van der Waals surface area (Å²) in [6.45, 7) is 1.05. The number of carbonyl (C=O) groups excluding carboxylic acids is 2. The number of carbonyl (C=O) groups is 2. The maximum Gasteiger partial charge on any atom is 0.254 e. The van der Waals surface area contributed by atoms with Gasteiger partial charge in [-0.3, -0.25) is 9.59 Å². The van der Waals surface area contributed by atoms with Gasteiger partial charge in [0, 0.05) is 17.1 Å². The van der Waals surface area contributed by atoms with Crippen LogP contribution in [0.5, 0.6) is 23.1 Å². The fourth-order valence-corrected chi connectivity index (χ4v) is 4.20. The van der Waals surface area contributed by atoms with Crippen LogP contribution >= 0.6 is 11.3 Å². The summed E-state index contributed by atoms with van der Waals surface area (Å²) >= 11 is 1.35. The van der Waals surface area contributed by atoms with Crippen LogP contribution < -0.4 is 25.3 Å². The zero-order chi connectivity index (χ0) is 24.2. The highest BCUT2D eigenvalue weighted by Crippen LogP contribution is 2.35. The van der Waals surface area contributed by atoms with Crippen molar-refractivity contribution in [2.24, 2.45) is 5.73 Å². The van der Waals surface area contributed by atoms with Gasteiger partial charge in [0.1, 0.15) is 24.5 Å². The number of anilines is 1. The first-order chi connectivity index (χ1) is 17.0. The maximum atomic E-state index is 12.5. The third-order valence-corrected chi connectivity index (χ3v) is 5.89. The molecule has 3 heterocycles. The molecule has 10 heteroatoms. The van der Waals surface area contributed by atoms with Crippen LogP contribution in [0.3, 0.4) is 0 Å². The average molecular weight is 489 g/mol. The predicted octanol–water partition coefficient (Wildman–Crippen LogP) is 4.05. The molecule has 0 aliphatic carbocycles. The second kappa shape index (κ2) is 9.82. The molecule has 3 N–H and O–H groups in total. The Balaban J connectivity index is 1.20. The number of pyridine rings is 1. The molecule has 4 aromatic rings. The zero-order valence-electron chi connectivity index (χ0n) is 18.4. The van der Waals surface area contributed by atoms with Gasteiger partial charge in [-0.05, 0) is 48.0 Å². The van der Waals surface area contributed by atoms with E-state index in [1.54, 1.807) is 36.4 Å². The van der Waals surface area contributed by atoms with Gasteiger partial charge < -0.3 is 25.3 Å². The minimum Gasteiger partial charge on any atom is -0.486 e. The molecule has 9 nitrogen and oxygen atoms in total. The lowest BCUT2D eigenvalue weighted by Crippen LogP contribution is -2.15. The minimum absolute atomic E-state index is 0.128. The highest BCUT2D eigenvalue weighted by atomic mass is 32.1. The number of amides is 2. The van der Waals surface area contributed by atoms with E-state index in [4.69, 9.17) is 19.9 Å². The van der Waals surface area contributed by atoms with E-state index in [1.165, 1.54) is 17.5 Å². The fraction of sp³-hybridized carbons (Fsp3) is 0.120. The molecule has 0 saturated carbocycles. The summed E-state index contributed by atoms with van der Waals surface area (Å²) in [5.74, 6) is 1.19. The fourth-order valence-electron chi connectivity index (χ4n) is 3.46. The van der Waals surface area contributed by atoms with Crippen LogP contribution in [0.25, 0.3) is 11.3 Å². The predicted molar refractivity (Wildman–Crippen MR) is 130 cm³/mol. The summed E-state index contributed by atoms with van der Waals surface area (Å²) in [5, 5.41) is 5.23. The first-order valence-corrected chi connectivity index (χ1v) is 11.6. The molecular weight excluding hydrogens is 468 g/mol. The van der Waals surface area contributed by atoms with E-state index >= 15 is 0 Å². The quantitative estimate of drug-likeness (QED) is 0.402. The van der Waals surface area contributed by atoms with Gasteiger partial charge in [-0.15, -0.1) is 11.3 Å². The highest BCUT2D eigenvalue weighted by Gasteiger charge is 2.15. The Morgan fingerprint density at radius 2 is 1.86 bits per heavy atom. The largest absolute Gasteiger partial charge is 0.486 e. The van der Waals surface area contributed by atoms with Crippen molar-refractivity contribution >= 4 is 28.3 Å². The van der Waals surface area contributed by atoms with Gasteiger partial charge in [0.15, 0.2) is 16.6 Å². The topological polar surface area (TPSA) is 126 Å². The van der Waals surface area contributed by atoms with E-state index in [1.807, 2.05) is 23.6 Å². The lowest BCUT2D eigenvalue weighted by atomic mass is 10.1. The number of aromatic nitrogens is 2. The first kappa shape index (κ1) is 22.4. The van der Waals surface area contributed by atoms with Crippen LogP contribution in [-0.4, -0.2) is 35.0 Å². The van der Waals surface area contributed by atoms with Gasteiger partial charge in [-0.2, -0.15) is 0 Å². The molecule has 1 aliphatic rings. The Labute approximate surface area is 204 Å². The molecule has 176 valence electrons. The van der Waals surface area contributed by atoms with E-state index in [2.05, 4.69) is 15.3 Å². The Hall–Kier alpha value is -4.44. The number of nitrogens with zero attached hydrogens (tertiary/aromatic N) is 2. The normalized spacial score (nSPS) is 12.1. The minimum atomic E-state index is -0.624. The molecule has 0 bridgehead atoms. The number of nitrogens with one attached hydrogen (secondary N) is 1. The molecule has 0 unspecified atom stereocenters. The number of fused-ring (bicyclic) bond motifs is 1. The number of thiazole rings is 1. The van der Waals surface area contributed by atoms with Crippen LogP contribution in [-0.2, 0) is 11.2 Å². The number of primary amides is 1. The molecule has 0 saturated heterocycles. The molecule has 0 atom stereocenters. The van der Waals surface area contributed by atoms with Gasteiger partial charge in [0.25, 0.3) is 5.91 Å². The molecule has 2 aromatic carbocycles. The highest BCUT2D eigenvalue weighted by molar-refractivity contribution is 7.14. The zero-order valence-corrected chi connectivity index (χ0v) is 19.2. The third-order valence-electron chi connectivity index (χ3n) is 5.13. The third kappa shape index (κ3) is 5.22. The van der Waals surface area contributed by atoms with Gasteiger partial charge in [-0.1, -0.05) is 12.1 Å². The maximum absolute atomic E-state index is 12.5. The summed E-state index contributed by atoms with van der Waals surface area (Å²) in [7, 11) is 0. The van der Waals surface area contributed by atoms with Crippen LogP contribution in [0.4, 0.5) is 5.13 Å². The molecule has 35 heavy (non-hydrogen) atoms. The second-order valence-corrected chi connectivity index (χ2v) is 8.45. The SMILES string of the molecule is NC(=O)c1cccnc1Oc1ccc(CC(=O)Nc2nc(-c3ccc4c(c3)OCCO4)cs2)cc1. The van der Waals surface area contributed by atoms with Crippen molar-refractivity contribution in [1.82, 2.24) is 9.97 Å². The van der Waals surface area contributed by atoms with Crippen LogP contribution in [0, 0.1) is 0 Å². The monoisotopic (exact) mass is 488 g/mol. The standard InChI is InChI=1S/C25H20N4O5S/c26-23(31)18-2-1-9-27-24(18)34-17-6-3-15(4-7-17)12-22(30)29-25-28-19(14-35-25)16-5-8-20-21(13-16)33-11-10-32-20/h1-9,13-14H,10-12H2,(H2,26,31)(H,28,29,30). The van der Waals surface area contributed by atoms with E-state index in [0.29, 0.717) is 35.6 Å². The number of rotatable bonds is 7.